The predicted molar refractivity (Wildman–Crippen MR) is 77.4 cm³/mol. The highest BCUT2D eigenvalue weighted by atomic mass is 32.2. The summed E-state index contributed by atoms with van der Waals surface area (Å²) < 4.78 is 26.7. The number of nitrogen functional groups attached to an aromatic ring is 1. The van der Waals surface area contributed by atoms with Crippen LogP contribution in [0.25, 0.3) is 0 Å². The van der Waals surface area contributed by atoms with Crippen LogP contribution in [0.1, 0.15) is 5.56 Å². The Hall–Kier alpha value is -1.96. The Bertz CT molecular complexity index is 659. The summed E-state index contributed by atoms with van der Waals surface area (Å²) in [7, 11) is -3.55. The van der Waals surface area contributed by atoms with Gasteiger partial charge >= 0.3 is 0 Å². The van der Waals surface area contributed by atoms with Gasteiger partial charge in [-0.2, -0.15) is 0 Å². The van der Waals surface area contributed by atoms with Crippen LogP contribution >= 0.6 is 0 Å². The van der Waals surface area contributed by atoms with Gasteiger partial charge in [0, 0.05) is 18.8 Å². The van der Waals surface area contributed by atoms with E-state index in [2.05, 4.69) is 15.1 Å². The van der Waals surface area contributed by atoms with Crippen molar-refractivity contribution in [2.75, 3.05) is 12.0 Å². The van der Waals surface area contributed by atoms with Crippen LogP contribution < -0.4 is 16.0 Å². The van der Waals surface area contributed by atoms with E-state index in [9.17, 15) is 8.42 Å². The van der Waals surface area contributed by atoms with Gasteiger partial charge in [0.25, 0.3) is 0 Å². The highest BCUT2D eigenvalue weighted by Crippen LogP contribution is 2.11. The molecule has 0 aliphatic rings. The molecule has 4 N–H and O–H groups in total. The summed E-state index contributed by atoms with van der Waals surface area (Å²) in [5, 5.41) is 0. The van der Waals surface area contributed by atoms with Gasteiger partial charge in [-0.15, -0.1) is 0 Å². The molecule has 0 atom stereocenters. The number of nitrogens with two attached hydrogens (primary N) is 1. The second kappa shape index (κ2) is 6.47. The van der Waals surface area contributed by atoms with Gasteiger partial charge in [-0.3, -0.25) is 0 Å². The van der Waals surface area contributed by atoms with Gasteiger partial charge < -0.3 is 5.43 Å². The van der Waals surface area contributed by atoms with Crippen molar-refractivity contribution >= 4 is 15.8 Å². The van der Waals surface area contributed by atoms with E-state index in [0.717, 1.165) is 5.56 Å². The first-order valence-electron chi connectivity index (χ1n) is 6.08. The Kier molecular flexibility index (Phi) is 4.67. The lowest BCUT2D eigenvalue weighted by atomic mass is 10.2. The Morgan fingerprint density at radius 3 is 2.60 bits per heavy atom. The number of benzene rings is 1. The van der Waals surface area contributed by atoms with Crippen molar-refractivity contribution in [1.29, 1.82) is 0 Å². The van der Waals surface area contributed by atoms with Crippen molar-refractivity contribution < 1.29 is 8.42 Å². The highest BCUT2D eigenvalue weighted by molar-refractivity contribution is 7.89. The van der Waals surface area contributed by atoms with Gasteiger partial charge in [0.05, 0.1) is 4.90 Å². The van der Waals surface area contributed by atoms with Gasteiger partial charge in [-0.05, 0) is 18.1 Å². The van der Waals surface area contributed by atoms with Crippen molar-refractivity contribution in [1.82, 2.24) is 9.71 Å². The molecule has 0 bridgehead atoms. The molecule has 7 heteroatoms. The van der Waals surface area contributed by atoms with Crippen molar-refractivity contribution in [2.24, 2.45) is 5.84 Å². The first-order valence-corrected chi connectivity index (χ1v) is 7.56. The number of rotatable bonds is 6. The van der Waals surface area contributed by atoms with E-state index in [-0.39, 0.29) is 4.90 Å². The minimum atomic E-state index is -3.55. The lowest BCUT2D eigenvalue weighted by Gasteiger charge is -2.08. The van der Waals surface area contributed by atoms with Crippen molar-refractivity contribution in [3.63, 3.8) is 0 Å². The smallest absolute Gasteiger partial charge is 0.240 e. The van der Waals surface area contributed by atoms with Gasteiger partial charge in [-0.25, -0.2) is 24.0 Å². The van der Waals surface area contributed by atoms with Crippen molar-refractivity contribution in [3.05, 3.63) is 54.2 Å². The van der Waals surface area contributed by atoms with E-state index in [1.807, 2.05) is 30.3 Å². The third-order valence-corrected chi connectivity index (χ3v) is 4.20. The predicted octanol–water partition coefficient (Wildman–Crippen LogP) is 0.888. The second-order valence-electron chi connectivity index (χ2n) is 4.15. The summed E-state index contributed by atoms with van der Waals surface area (Å²) in [6, 6.07) is 12.5. The summed E-state index contributed by atoms with van der Waals surface area (Å²) in [6.07, 6.45) is 2.02. The molecule has 0 radical (unpaired) electrons. The summed E-state index contributed by atoms with van der Waals surface area (Å²) in [4.78, 5) is 4.00. The second-order valence-corrected chi connectivity index (χ2v) is 5.92. The third kappa shape index (κ3) is 3.77. The van der Waals surface area contributed by atoms with E-state index < -0.39 is 10.0 Å². The average Bonchev–Trinajstić information content (AvgIpc) is 2.48. The summed E-state index contributed by atoms with van der Waals surface area (Å²) in [5.74, 6) is 5.51. The van der Waals surface area contributed by atoms with Gasteiger partial charge in [0.1, 0.15) is 5.82 Å². The van der Waals surface area contributed by atoms with E-state index in [0.29, 0.717) is 18.8 Å². The molecule has 6 nitrogen and oxygen atoms in total. The van der Waals surface area contributed by atoms with Crippen LogP contribution in [0.4, 0.5) is 5.82 Å². The minimum Gasteiger partial charge on any atom is -0.308 e. The molecule has 1 aromatic heterocycles. The molecule has 2 aromatic rings. The molecule has 0 spiro atoms. The van der Waals surface area contributed by atoms with Crippen LogP contribution in [0.5, 0.6) is 0 Å². The molecule has 2 rings (SSSR count). The maximum atomic E-state index is 12.1. The number of aromatic nitrogens is 1. The van der Waals surface area contributed by atoms with Crippen LogP contribution in [0.3, 0.4) is 0 Å². The summed E-state index contributed by atoms with van der Waals surface area (Å²) in [6.45, 7) is 0.333. The number of nitrogens with one attached hydrogen (secondary N) is 2. The number of nitrogens with zero attached hydrogens (tertiary/aromatic N) is 1. The minimum absolute atomic E-state index is 0.133. The molecular formula is C13H16N4O2S. The van der Waals surface area contributed by atoms with Crippen LogP contribution in [0, 0.1) is 0 Å². The van der Waals surface area contributed by atoms with Crippen LogP contribution in [0.2, 0.25) is 0 Å². The van der Waals surface area contributed by atoms with Gasteiger partial charge in [0.15, 0.2) is 0 Å². The molecule has 1 aromatic carbocycles. The molecule has 0 saturated carbocycles. The van der Waals surface area contributed by atoms with Gasteiger partial charge in [-0.1, -0.05) is 30.3 Å². The first-order chi connectivity index (χ1) is 9.62. The van der Waals surface area contributed by atoms with Crippen molar-refractivity contribution in [2.45, 2.75) is 11.3 Å². The average molecular weight is 292 g/mol. The SMILES string of the molecule is NNc1cc(S(=O)(=O)NCCc2ccccc2)ccn1. The topological polar surface area (TPSA) is 97.1 Å². The van der Waals surface area contributed by atoms with Crippen molar-refractivity contribution in [3.8, 4) is 0 Å². The maximum absolute atomic E-state index is 12.1. The van der Waals surface area contributed by atoms with E-state index in [4.69, 9.17) is 5.84 Å². The van der Waals surface area contributed by atoms with Crippen LogP contribution in [-0.2, 0) is 16.4 Å². The standard InChI is InChI=1S/C13H16N4O2S/c14-17-13-10-12(7-8-15-13)20(18,19)16-9-6-11-4-2-1-3-5-11/h1-5,7-8,10,16H,6,9,14H2,(H,15,17). The fraction of sp³-hybridized carbons (Fsp3) is 0.154. The zero-order valence-corrected chi connectivity index (χ0v) is 11.6. The monoisotopic (exact) mass is 292 g/mol. The lowest BCUT2D eigenvalue weighted by molar-refractivity contribution is 0.581. The van der Waals surface area contributed by atoms with Gasteiger partial charge in [0.2, 0.25) is 10.0 Å². The quantitative estimate of drug-likeness (QED) is 0.542. The summed E-state index contributed by atoms with van der Waals surface area (Å²) in [5.41, 5.74) is 3.40. The first kappa shape index (κ1) is 14.4. The molecule has 0 unspecified atom stereocenters. The lowest BCUT2D eigenvalue weighted by Crippen LogP contribution is -2.26. The Balaban J connectivity index is 2.00. The number of hydrazine groups is 1. The molecule has 20 heavy (non-hydrogen) atoms. The number of anilines is 1. The Morgan fingerprint density at radius 2 is 1.90 bits per heavy atom. The Morgan fingerprint density at radius 1 is 1.15 bits per heavy atom. The fourth-order valence-electron chi connectivity index (χ4n) is 1.71. The zero-order valence-electron chi connectivity index (χ0n) is 10.8. The van der Waals surface area contributed by atoms with Crippen LogP contribution in [0.15, 0.2) is 53.6 Å². The molecule has 0 amide bonds. The highest BCUT2D eigenvalue weighted by Gasteiger charge is 2.13. The molecule has 0 saturated heterocycles. The normalized spacial score (nSPS) is 11.2. The number of hydrogen-bond donors (Lipinski definition) is 3. The molecule has 0 fully saturated rings. The molecule has 106 valence electrons. The molecule has 0 aliphatic heterocycles. The zero-order chi connectivity index (χ0) is 14.4. The fourth-order valence-corrected chi connectivity index (χ4v) is 2.76. The number of sulfonamides is 1. The largest absolute Gasteiger partial charge is 0.308 e. The number of hydrogen-bond acceptors (Lipinski definition) is 5. The van der Waals surface area contributed by atoms with E-state index in [1.165, 1.54) is 18.3 Å². The molecule has 0 aliphatic carbocycles. The van der Waals surface area contributed by atoms with E-state index in [1.54, 1.807) is 0 Å². The Labute approximate surface area is 118 Å². The van der Waals surface area contributed by atoms with Crippen LogP contribution in [-0.4, -0.2) is 19.9 Å². The maximum Gasteiger partial charge on any atom is 0.240 e. The molecular weight excluding hydrogens is 276 g/mol. The summed E-state index contributed by atoms with van der Waals surface area (Å²) >= 11 is 0. The van der Waals surface area contributed by atoms with E-state index >= 15 is 0 Å². The molecule has 1 heterocycles. The number of pyridine rings is 1. The third-order valence-electron chi connectivity index (χ3n) is 2.74.